The number of carbonyl (C=O) groups excluding carboxylic acids is 1. The topological polar surface area (TPSA) is 96.2 Å². The van der Waals surface area contributed by atoms with Crippen LogP contribution in [0.5, 0.6) is 0 Å². The highest BCUT2D eigenvalue weighted by atomic mass is 16.8. The van der Waals surface area contributed by atoms with E-state index < -0.39 is 24.8 Å². The van der Waals surface area contributed by atoms with Crippen molar-refractivity contribution in [2.75, 3.05) is 0 Å². The van der Waals surface area contributed by atoms with Crippen LogP contribution < -0.4 is 0 Å². The number of rotatable bonds is 2. The van der Waals surface area contributed by atoms with E-state index in [0.717, 1.165) is 0 Å². The summed E-state index contributed by atoms with van der Waals surface area (Å²) in [5, 5.41) is 26.5. The molecular weight excluding hydrogens is 156 g/mol. The van der Waals surface area contributed by atoms with Crippen LogP contribution >= 0.6 is 0 Å². The van der Waals surface area contributed by atoms with Crippen LogP contribution in [0.1, 0.15) is 0 Å². The molecule has 0 saturated carbocycles. The Bertz CT molecular complexity index is 148. The number of hydrogen-bond donors (Lipinski definition) is 3. The molecule has 0 spiro atoms. The van der Waals surface area contributed by atoms with E-state index in [9.17, 15) is 4.79 Å². The van der Waals surface area contributed by atoms with Crippen LogP contribution in [0, 0.1) is 0 Å². The van der Waals surface area contributed by atoms with Crippen LogP contribution in [0.2, 0.25) is 0 Å². The fourth-order valence-electron chi connectivity index (χ4n) is 0.795. The molecule has 4 unspecified atom stereocenters. The van der Waals surface area contributed by atoms with E-state index in [2.05, 4.69) is 9.47 Å². The Labute approximate surface area is 62.0 Å². The second-order valence-electron chi connectivity index (χ2n) is 2.11. The Hall–Kier alpha value is -0.690. The van der Waals surface area contributed by atoms with E-state index in [0.29, 0.717) is 0 Å². The lowest BCUT2D eigenvalue weighted by Gasteiger charge is -2.10. The molecule has 0 bridgehead atoms. The summed E-state index contributed by atoms with van der Waals surface area (Å²) in [6, 6.07) is 0. The maximum absolute atomic E-state index is 9.74. The third-order valence-corrected chi connectivity index (χ3v) is 1.38. The number of hydrogen-bond acceptors (Lipinski definition) is 6. The minimum atomic E-state index is -1.50. The Morgan fingerprint density at radius 1 is 1.27 bits per heavy atom. The van der Waals surface area contributed by atoms with Gasteiger partial charge in [-0.15, -0.1) is 0 Å². The molecule has 1 aliphatic heterocycles. The second kappa shape index (κ2) is 3.14. The van der Waals surface area contributed by atoms with Crippen LogP contribution in [0.15, 0.2) is 0 Å². The molecule has 0 radical (unpaired) electrons. The Morgan fingerprint density at radius 3 is 2.27 bits per heavy atom. The fraction of sp³-hybridized carbons (Fsp3) is 0.800. The van der Waals surface area contributed by atoms with Gasteiger partial charge in [-0.3, -0.25) is 4.79 Å². The maximum atomic E-state index is 9.74. The molecule has 0 aromatic heterocycles. The van der Waals surface area contributed by atoms with E-state index in [1.54, 1.807) is 0 Å². The molecule has 0 amide bonds. The Kier molecular flexibility index (Phi) is 2.40. The first-order chi connectivity index (χ1) is 5.16. The Morgan fingerprint density at radius 2 is 1.91 bits per heavy atom. The molecule has 6 nitrogen and oxygen atoms in total. The average Bonchev–Trinajstić information content (AvgIpc) is 2.19. The summed E-state index contributed by atoms with van der Waals surface area (Å²) in [5.41, 5.74) is 0. The van der Waals surface area contributed by atoms with Crippen LogP contribution in [0.25, 0.3) is 0 Å². The SMILES string of the molecule is O=COC1OC(O)C(O)C1O. The number of aliphatic hydroxyl groups excluding tert-OH is 3. The minimum Gasteiger partial charge on any atom is -0.435 e. The average molecular weight is 164 g/mol. The van der Waals surface area contributed by atoms with Crippen molar-refractivity contribution in [2.24, 2.45) is 0 Å². The molecule has 3 N–H and O–H groups in total. The largest absolute Gasteiger partial charge is 0.435 e. The molecule has 4 atom stereocenters. The Balaban J connectivity index is 2.51. The molecule has 64 valence electrons. The molecule has 0 aromatic rings. The summed E-state index contributed by atoms with van der Waals surface area (Å²) in [6.45, 7) is 0.0681. The van der Waals surface area contributed by atoms with Crippen molar-refractivity contribution in [1.82, 2.24) is 0 Å². The van der Waals surface area contributed by atoms with E-state index in [1.165, 1.54) is 0 Å². The molecule has 1 fully saturated rings. The van der Waals surface area contributed by atoms with Gasteiger partial charge in [0.1, 0.15) is 12.2 Å². The van der Waals surface area contributed by atoms with Gasteiger partial charge in [-0.2, -0.15) is 0 Å². The first kappa shape index (κ1) is 8.41. The summed E-state index contributed by atoms with van der Waals surface area (Å²) >= 11 is 0. The fourth-order valence-corrected chi connectivity index (χ4v) is 0.795. The van der Waals surface area contributed by atoms with E-state index >= 15 is 0 Å². The number of ether oxygens (including phenoxy) is 2. The summed E-state index contributed by atoms with van der Waals surface area (Å²) in [5.74, 6) is 0. The van der Waals surface area contributed by atoms with Crippen LogP contribution in [-0.4, -0.2) is 46.6 Å². The standard InChI is InChI=1S/C5H8O6/c6-1-10-5-3(8)2(7)4(9)11-5/h1-5,7-9H. The maximum Gasteiger partial charge on any atom is 0.295 e. The lowest BCUT2D eigenvalue weighted by Crippen LogP contribution is -2.33. The van der Waals surface area contributed by atoms with Gasteiger partial charge in [0.05, 0.1) is 0 Å². The molecular formula is C5H8O6. The highest BCUT2D eigenvalue weighted by Crippen LogP contribution is 2.19. The zero-order chi connectivity index (χ0) is 8.43. The third kappa shape index (κ3) is 1.48. The molecule has 11 heavy (non-hydrogen) atoms. The van der Waals surface area contributed by atoms with Gasteiger partial charge in [-0.25, -0.2) is 0 Å². The van der Waals surface area contributed by atoms with Crippen LogP contribution in [-0.2, 0) is 14.3 Å². The van der Waals surface area contributed by atoms with Gasteiger partial charge < -0.3 is 24.8 Å². The predicted molar refractivity (Wildman–Crippen MR) is 30.0 cm³/mol. The zero-order valence-electron chi connectivity index (χ0n) is 5.45. The van der Waals surface area contributed by atoms with Gasteiger partial charge in [0.15, 0.2) is 6.29 Å². The highest BCUT2D eigenvalue weighted by Gasteiger charge is 2.43. The minimum absolute atomic E-state index is 0.0681. The van der Waals surface area contributed by atoms with Gasteiger partial charge in [-0.1, -0.05) is 0 Å². The summed E-state index contributed by atoms with van der Waals surface area (Å²) in [6.07, 6.45) is -5.61. The molecule has 0 aliphatic carbocycles. The summed E-state index contributed by atoms with van der Waals surface area (Å²) in [4.78, 5) is 9.74. The molecule has 1 rings (SSSR count). The van der Waals surface area contributed by atoms with Crippen molar-refractivity contribution in [3.05, 3.63) is 0 Å². The second-order valence-corrected chi connectivity index (χ2v) is 2.11. The van der Waals surface area contributed by atoms with Gasteiger partial charge in [0.25, 0.3) is 6.47 Å². The van der Waals surface area contributed by atoms with Crippen molar-refractivity contribution in [1.29, 1.82) is 0 Å². The van der Waals surface area contributed by atoms with E-state index in [1.807, 2.05) is 0 Å². The van der Waals surface area contributed by atoms with Gasteiger partial charge in [0.2, 0.25) is 6.29 Å². The summed E-state index contributed by atoms with van der Waals surface area (Å²) < 4.78 is 8.61. The predicted octanol–water partition coefficient (Wildman–Crippen LogP) is -2.44. The van der Waals surface area contributed by atoms with E-state index in [4.69, 9.17) is 15.3 Å². The van der Waals surface area contributed by atoms with Gasteiger partial charge >= 0.3 is 0 Å². The van der Waals surface area contributed by atoms with Crippen LogP contribution in [0.4, 0.5) is 0 Å². The lowest BCUT2D eigenvalue weighted by molar-refractivity contribution is -0.199. The quantitative estimate of drug-likeness (QED) is 0.392. The van der Waals surface area contributed by atoms with Crippen molar-refractivity contribution < 1.29 is 29.6 Å². The molecule has 1 saturated heterocycles. The summed E-state index contributed by atoms with van der Waals surface area (Å²) in [7, 11) is 0. The molecule has 1 aliphatic rings. The normalized spacial score (nSPS) is 43.9. The molecule has 1 heterocycles. The zero-order valence-corrected chi connectivity index (χ0v) is 5.45. The van der Waals surface area contributed by atoms with Gasteiger partial charge in [0, 0.05) is 0 Å². The molecule has 0 aromatic carbocycles. The number of aliphatic hydroxyl groups is 3. The first-order valence-electron chi connectivity index (χ1n) is 2.95. The van der Waals surface area contributed by atoms with Crippen molar-refractivity contribution in [3.8, 4) is 0 Å². The van der Waals surface area contributed by atoms with E-state index in [-0.39, 0.29) is 6.47 Å². The monoisotopic (exact) mass is 164 g/mol. The number of carbonyl (C=O) groups is 1. The highest BCUT2D eigenvalue weighted by molar-refractivity contribution is 5.37. The molecule has 6 heteroatoms. The van der Waals surface area contributed by atoms with Gasteiger partial charge in [-0.05, 0) is 0 Å². The van der Waals surface area contributed by atoms with Crippen molar-refractivity contribution >= 4 is 6.47 Å². The lowest BCUT2D eigenvalue weighted by atomic mass is 10.2. The smallest absolute Gasteiger partial charge is 0.295 e. The van der Waals surface area contributed by atoms with Crippen molar-refractivity contribution in [3.63, 3.8) is 0 Å². The van der Waals surface area contributed by atoms with Crippen molar-refractivity contribution in [2.45, 2.75) is 24.8 Å². The first-order valence-corrected chi connectivity index (χ1v) is 2.95. The van der Waals surface area contributed by atoms with Crippen LogP contribution in [0.3, 0.4) is 0 Å². The third-order valence-electron chi connectivity index (χ3n) is 1.38.